The van der Waals surface area contributed by atoms with Crippen LogP contribution in [0.1, 0.15) is 68.2 Å². The summed E-state index contributed by atoms with van der Waals surface area (Å²) in [6, 6.07) is 67.3. The van der Waals surface area contributed by atoms with Crippen LogP contribution in [-0.2, 0) is 10.8 Å². The molecule has 0 radical (unpaired) electrons. The molecule has 1 heterocycles. The van der Waals surface area contributed by atoms with Crippen molar-refractivity contribution in [3.05, 3.63) is 198 Å². The zero-order valence-corrected chi connectivity index (χ0v) is 36.8. The summed E-state index contributed by atoms with van der Waals surface area (Å²) in [5.74, 6) is 3.46. The Balaban J connectivity index is 0.901. The fourth-order valence-electron chi connectivity index (χ4n) is 14.2. The van der Waals surface area contributed by atoms with Gasteiger partial charge in [0, 0.05) is 48.1 Å². The number of thiophene rings is 1. The third kappa shape index (κ3) is 5.05. The topological polar surface area (TPSA) is 3.24 Å². The van der Waals surface area contributed by atoms with Crippen LogP contribution in [0.4, 0.5) is 17.1 Å². The van der Waals surface area contributed by atoms with Crippen molar-refractivity contribution in [3.8, 4) is 44.5 Å². The number of nitrogens with zero attached hydrogens (tertiary/aromatic N) is 1. The monoisotopic (exact) mass is 827 g/mol. The summed E-state index contributed by atoms with van der Waals surface area (Å²) in [6.07, 6.45) is 7.15. The quantitative estimate of drug-likeness (QED) is 0.167. The molecule has 0 N–H and O–H groups in total. The van der Waals surface area contributed by atoms with E-state index in [0.29, 0.717) is 0 Å². The molecular formula is C61H49NS. The zero-order valence-electron chi connectivity index (χ0n) is 35.9. The van der Waals surface area contributed by atoms with E-state index in [1.807, 2.05) is 11.3 Å². The lowest BCUT2D eigenvalue weighted by atomic mass is 9.43. The Labute approximate surface area is 374 Å². The van der Waals surface area contributed by atoms with Gasteiger partial charge < -0.3 is 4.90 Å². The summed E-state index contributed by atoms with van der Waals surface area (Å²) in [5, 5.41) is 2.64. The van der Waals surface area contributed by atoms with E-state index in [2.05, 4.69) is 195 Å². The molecule has 0 unspecified atom stereocenters. The van der Waals surface area contributed by atoms with E-state index in [1.54, 1.807) is 11.1 Å². The maximum absolute atomic E-state index is 2.58. The van der Waals surface area contributed by atoms with E-state index in [-0.39, 0.29) is 10.8 Å². The molecule has 1 aromatic heterocycles. The fourth-order valence-corrected chi connectivity index (χ4v) is 15.4. The fraction of sp³-hybridized carbons (Fsp3) is 0.213. The first-order valence-corrected chi connectivity index (χ1v) is 24.2. The van der Waals surface area contributed by atoms with Crippen LogP contribution in [0.25, 0.3) is 64.7 Å². The van der Waals surface area contributed by atoms with Gasteiger partial charge in [-0.2, -0.15) is 0 Å². The van der Waals surface area contributed by atoms with Crippen LogP contribution >= 0.6 is 11.3 Å². The van der Waals surface area contributed by atoms with Gasteiger partial charge in [-0.25, -0.2) is 0 Å². The maximum Gasteiger partial charge on any atom is 0.0468 e. The highest BCUT2D eigenvalue weighted by atomic mass is 32.1. The molecule has 6 aliphatic rings. The van der Waals surface area contributed by atoms with Crippen molar-refractivity contribution in [2.75, 3.05) is 4.90 Å². The number of anilines is 3. The standard InChI is InChI=1S/C61H49NS/c1-60(2)54-17-8-6-13-48(54)52-35-45(24-27-55(52)60)62(44-22-19-40(20-23-44)39-11-4-3-5-12-39)46-25-28-58-53(36-46)50-16-10-15-47(59(50)63-58)41-21-26-57-51(34-41)49-14-7-9-18-56(49)61(57)42-30-37-29-38(32-42)33-43(61)31-37/h3-28,34-38,42-43H,29-33H2,1-2H3. The minimum Gasteiger partial charge on any atom is -0.310 e. The Bertz CT molecular complexity index is 3300. The van der Waals surface area contributed by atoms with Gasteiger partial charge in [-0.05, 0) is 171 Å². The van der Waals surface area contributed by atoms with Gasteiger partial charge in [0.1, 0.15) is 0 Å². The van der Waals surface area contributed by atoms with E-state index >= 15 is 0 Å². The number of benzene rings is 8. The van der Waals surface area contributed by atoms with E-state index in [0.717, 1.165) is 29.4 Å². The molecule has 0 amide bonds. The lowest BCUT2D eigenvalue weighted by Gasteiger charge is -2.61. The highest BCUT2D eigenvalue weighted by molar-refractivity contribution is 7.26. The van der Waals surface area contributed by atoms with Crippen LogP contribution in [0, 0.1) is 23.7 Å². The maximum atomic E-state index is 2.58. The normalized spacial score (nSPS) is 23.0. The molecule has 304 valence electrons. The summed E-state index contributed by atoms with van der Waals surface area (Å²) in [5.41, 5.74) is 20.5. The molecule has 2 heteroatoms. The third-order valence-corrected chi connectivity index (χ3v) is 17.9. The highest BCUT2D eigenvalue weighted by Crippen LogP contribution is 2.69. The van der Waals surface area contributed by atoms with Crippen molar-refractivity contribution in [2.45, 2.75) is 56.8 Å². The van der Waals surface area contributed by atoms with Gasteiger partial charge in [0.05, 0.1) is 0 Å². The molecule has 4 bridgehead atoms. The van der Waals surface area contributed by atoms with Gasteiger partial charge in [0.15, 0.2) is 0 Å². The molecule has 0 saturated heterocycles. The lowest BCUT2D eigenvalue weighted by molar-refractivity contribution is -0.0399. The number of fused-ring (bicyclic) bond motifs is 9. The van der Waals surface area contributed by atoms with Gasteiger partial charge >= 0.3 is 0 Å². The number of rotatable bonds is 5. The molecule has 1 nitrogen and oxygen atoms in total. The second-order valence-corrected chi connectivity index (χ2v) is 21.1. The van der Waals surface area contributed by atoms with Crippen molar-refractivity contribution < 1.29 is 0 Å². The van der Waals surface area contributed by atoms with E-state index in [1.165, 1.54) is 119 Å². The Morgan fingerprint density at radius 2 is 0.968 bits per heavy atom. The zero-order chi connectivity index (χ0) is 41.6. The average molecular weight is 828 g/mol. The summed E-state index contributed by atoms with van der Waals surface area (Å²) in [4.78, 5) is 2.47. The van der Waals surface area contributed by atoms with Crippen molar-refractivity contribution in [3.63, 3.8) is 0 Å². The number of hydrogen-bond acceptors (Lipinski definition) is 2. The van der Waals surface area contributed by atoms with Crippen LogP contribution in [0.2, 0.25) is 0 Å². The van der Waals surface area contributed by atoms with Crippen LogP contribution in [0.15, 0.2) is 176 Å². The van der Waals surface area contributed by atoms with Gasteiger partial charge in [-0.15, -0.1) is 11.3 Å². The molecule has 4 saturated carbocycles. The molecule has 0 aliphatic heterocycles. The molecule has 4 fully saturated rings. The van der Waals surface area contributed by atoms with Gasteiger partial charge in [-0.1, -0.05) is 141 Å². The van der Waals surface area contributed by atoms with E-state index < -0.39 is 0 Å². The van der Waals surface area contributed by atoms with Crippen LogP contribution in [-0.4, -0.2) is 0 Å². The van der Waals surface area contributed by atoms with Gasteiger partial charge in [0.25, 0.3) is 0 Å². The molecule has 0 atom stereocenters. The second kappa shape index (κ2) is 13.2. The van der Waals surface area contributed by atoms with Gasteiger partial charge in [0.2, 0.25) is 0 Å². The minimum atomic E-state index is -0.0440. The minimum absolute atomic E-state index is 0.0440. The third-order valence-electron chi connectivity index (χ3n) is 16.7. The van der Waals surface area contributed by atoms with Crippen LogP contribution in [0.5, 0.6) is 0 Å². The van der Waals surface area contributed by atoms with Crippen molar-refractivity contribution in [1.82, 2.24) is 0 Å². The predicted octanol–water partition coefficient (Wildman–Crippen LogP) is 16.9. The number of hydrogen-bond donors (Lipinski definition) is 0. The summed E-state index contributed by atoms with van der Waals surface area (Å²) in [6.45, 7) is 4.73. The molecule has 9 aromatic rings. The molecular weight excluding hydrogens is 779 g/mol. The second-order valence-electron chi connectivity index (χ2n) is 20.1. The Morgan fingerprint density at radius 3 is 1.75 bits per heavy atom. The average Bonchev–Trinajstić information content (AvgIpc) is 3.92. The highest BCUT2D eigenvalue weighted by Gasteiger charge is 2.61. The first-order chi connectivity index (χ1) is 30.9. The van der Waals surface area contributed by atoms with Gasteiger partial charge in [-0.3, -0.25) is 0 Å². The van der Waals surface area contributed by atoms with E-state index in [9.17, 15) is 0 Å². The molecule has 63 heavy (non-hydrogen) atoms. The Kier molecular flexibility index (Phi) is 7.58. The summed E-state index contributed by atoms with van der Waals surface area (Å²) < 4.78 is 2.69. The lowest BCUT2D eigenvalue weighted by Crippen LogP contribution is -2.55. The molecule has 8 aromatic carbocycles. The largest absolute Gasteiger partial charge is 0.310 e. The van der Waals surface area contributed by atoms with Crippen molar-refractivity contribution >= 4 is 48.6 Å². The molecule has 1 spiro atoms. The first-order valence-electron chi connectivity index (χ1n) is 23.3. The SMILES string of the molecule is CC1(C)c2ccccc2-c2cc(N(c3ccc(-c4ccccc4)cc3)c3ccc4sc5c(-c6ccc7c(c6)-c6ccccc6C76C7CC8CC(C7)CC6C8)cccc5c4c3)ccc21. The molecule has 15 rings (SSSR count). The predicted molar refractivity (Wildman–Crippen MR) is 266 cm³/mol. The Morgan fingerprint density at radius 1 is 0.413 bits per heavy atom. The van der Waals surface area contributed by atoms with Crippen molar-refractivity contribution in [2.24, 2.45) is 23.7 Å². The first kappa shape index (κ1) is 36.3. The summed E-state index contributed by atoms with van der Waals surface area (Å²) >= 11 is 1.94. The van der Waals surface area contributed by atoms with Crippen molar-refractivity contribution in [1.29, 1.82) is 0 Å². The van der Waals surface area contributed by atoms with Crippen LogP contribution in [0.3, 0.4) is 0 Å². The Hall–Kier alpha value is -6.22. The van der Waals surface area contributed by atoms with E-state index in [4.69, 9.17) is 0 Å². The van der Waals surface area contributed by atoms with Crippen LogP contribution < -0.4 is 4.90 Å². The molecule has 6 aliphatic carbocycles. The smallest absolute Gasteiger partial charge is 0.0468 e. The summed E-state index contributed by atoms with van der Waals surface area (Å²) in [7, 11) is 0.